The molecule has 0 radical (unpaired) electrons. The van der Waals surface area contributed by atoms with Crippen LogP contribution in [0, 0.1) is 0 Å². The van der Waals surface area contributed by atoms with Gasteiger partial charge in [0, 0.05) is 25.8 Å². The fraction of sp³-hybridized carbons (Fsp3) is 0.650. The van der Waals surface area contributed by atoms with E-state index in [9.17, 15) is 0 Å². The van der Waals surface area contributed by atoms with Gasteiger partial charge >= 0.3 is 0 Å². The van der Waals surface area contributed by atoms with E-state index in [1.165, 1.54) is 42.5 Å². The number of nitrogens with one attached hydrogen (secondary N) is 2. The molecule has 3 atom stereocenters. The van der Waals surface area contributed by atoms with Crippen molar-refractivity contribution < 1.29 is 4.74 Å². The second-order valence-corrected chi connectivity index (χ2v) is 7.54. The first-order valence-electron chi connectivity index (χ1n) is 9.76. The first kappa shape index (κ1) is 19.7. The largest absolute Gasteiger partial charge is 0.374 e. The van der Waals surface area contributed by atoms with E-state index in [0.29, 0.717) is 24.8 Å². The third kappa shape index (κ3) is 4.27. The lowest BCUT2D eigenvalue weighted by Crippen LogP contribution is -2.47. The number of anilines is 1. The van der Waals surface area contributed by atoms with Crippen LogP contribution in [0.1, 0.15) is 43.7 Å². The normalized spacial score (nSPS) is 27.1. The highest BCUT2D eigenvalue weighted by atomic mass is 127. The molecule has 26 heavy (non-hydrogen) atoms. The van der Waals surface area contributed by atoms with E-state index in [1.54, 1.807) is 0 Å². The Kier molecular flexibility index (Phi) is 6.66. The molecule has 3 aliphatic heterocycles. The average molecular weight is 470 g/mol. The van der Waals surface area contributed by atoms with Crippen LogP contribution in [-0.2, 0) is 17.7 Å². The molecule has 0 spiro atoms. The van der Waals surface area contributed by atoms with Gasteiger partial charge in [-0.1, -0.05) is 12.1 Å². The summed E-state index contributed by atoms with van der Waals surface area (Å²) in [5, 5.41) is 6.98. The molecule has 0 aliphatic carbocycles. The lowest BCUT2D eigenvalue weighted by atomic mass is 9.96. The van der Waals surface area contributed by atoms with Gasteiger partial charge in [0.15, 0.2) is 5.96 Å². The van der Waals surface area contributed by atoms with Gasteiger partial charge in [0.05, 0.1) is 24.8 Å². The number of halogens is 1. The number of guanidine groups is 1. The molecule has 4 rings (SSSR count). The lowest BCUT2D eigenvalue weighted by molar-refractivity contribution is 0.0992. The monoisotopic (exact) mass is 470 g/mol. The van der Waals surface area contributed by atoms with Crippen LogP contribution < -0.4 is 15.5 Å². The Hall–Kier alpha value is -1.02. The van der Waals surface area contributed by atoms with Crippen molar-refractivity contribution in [2.24, 2.45) is 4.99 Å². The summed E-state index contributed by atoms with van der Waals surface area (Å²) in [5.74, 6) is 0.915. The molecule has 2 fully saturated rings. The highest BCUT2D eigenvalue weighted by molar-refractivity contribution is 14.0. The molecular formula is C20H31IN4O. The minimum atomic E-state index is 0. The van der Waals surface area contributed by atoms with Crippen LogP contribution in [0.15, 0.2) is 23.2 Å². The highest BCUT2D eigenvalue weighted by Crippen LogP contribution is 2.34. The Labute approximate surface area is 174 Å². The van der Waals surface area contributed by atoms with Gasteiger partial charge in [-0.2, -0.15) is 0 Å². The molecule has 2 N–H and O–H groups in total. The maximum absolute atomic E-state index is 5.95. The number of aliphatic imine (C=N–C) groups is 1. The van der Waals surface area contributed by atoms with Crippen molar-refractivity contribution in [3.8, 4) is 0 Å². The molecule has 0 aromatic heterocycles. The van der Waals surface area contributed by atoms with Gasteiger partial charge in [0.25, 0.3) is 0 Å². The predicted molar refractivity (Wildman–Crippen MR) is 118 cm³/mol. The zero-order valence-electron chi connectivity index (χ0n) is 15.8. The molecule has 3 aliphatic rings. The van der Waals surface area contributed by atoms with Gasteiger partial charge in [0.2, 0.25) is 0 Å². The van der Waals surface area contributed by atoms with E-state index in [2.05, 4.69) is 47.7 Å². The molecular weight excluding hydrogens is 439 g/mol. The molecule has 0 saturated carbocycles. The number of aryl methyl sites for hydroxylation is 1. The van der Waals surface area contributed by atoms with Crippen LogP contribution >= 0.6 is 24.0 Å². The number of ether oxygens (including phenoxy) is 1. The summed E-state index contributed by atoms with van der Waals surface area (Å²) in [6.07, 6.45) is 6.76. The van der Waals surface area contributed by atoms with Crippen LogP contribution in [0.5, 0.6) is 0 Å². The Bertz CT molecular complexity index is 651. The summed E-state index contributed by atoms with van der Waals surface area (Å²) in [5.41, 5.74) is 4.12. The van der Waals surface area contributed by atoms with Crippen LogP contribution in [0.3, 0.4) is 0 Å². The third-order valence-electron chi connectivity index (χ3n) is 5.69. The van der Waals surface area contributed by atoms with E-state index >= 15 is 0 Å². The van der Waals surface area contributed by atoms with Gasteiger partial charge in [-0.15, -0.1) is 24.0 Å². The van der Waals surface area contributed by atoms with Crippen molar-refractivity contribution in [3.63, 3.8) is 0 Å². The number of nitrogens with zero attached hydrogens (tertiary/aromatic N) is 2. The number of rotatable bonds is 4. The summed E-state index contributed by atoms with van der Waals surface area (Å²) >= 11 is 0. The fourth-order valence-corrected chi connectivity index (χ4v) is 4.39. The van der Waals surface area contributed by atoms with Crippen molar-refractivity contribution in [2.45, 2.75) is 63.8 Å². The van der Waals surface area contributed by atoms with Gasteiger partial charge in [-0.05, 0) is 56.2 Å². The first-order chi connectivity index (χ1) is 12.2. The van der Waals surface area contributed by atoms with E-state index in [-0.39, 0.29) is 24.0 Å². The summed E-state index contributed by atoms with van der Waals surface area (Å²) in [6, 6.07) is 7.21. The number of hydrogen-bond donors (Lipinski definition) is 2. The number of hydrogen-bond acceptors (Lipinski definition) is 3. The van der Waals surface area contributed by atoms with Crippen molar-refractivity contribution in [2.75, 3.05) is 25.0 Å². The highest BCUT2D eigenvalue weighted by Gasteiger charge is 2.41. The smallest absolute Gasteiger partial charge is 0.191 e. The SMILES string of the molecule is CCNC(=NCc1ccc2c(c1)CCCN2C)NC1CC2CCC1O2.I. The average Bonchev–Trinajstić information content (AvgIpc) is 3.23. The molecule has 1 aromatic rings. The van der Waals surface area contributed by atoms with Crippen molar-refractivity contribution >= 4 is 35.6 Å². The van der Waals surface area contributed by atoms with Crippen LogP contribution in [0.25, 0.3) is 0 Å². The molecule has 144 valence electrons. The molecule has 3 heterocycles. The van der Waals surface area contributed by atoms with Gasteiger partial charge in [-0.3, -0.25) is 0 Å². The molecule has 6 heteroatoms. The Morgan fingerprint density at radius 1 is 1.35 bits per heavy atom. The van der Waals surface area contributed by atoms with Gasteiger partial charge in [0.1, 0.15) is 0 Å². The van der Waals surface area contributed by atoms with E-state index in [1.807, 2.05) is 0 Å². The standard InChI is InChI=1S/C20H30N4O.HI/c1-3-21-20(23-17-12-16-7-9-19(17)25-16)22-13-14-6-8-18-15(11-14)5-4-10-24(18)2;/h6,8,11,16-17,19H,3-5,7,9-10,12-13H2,1-2H3,(H2,21,22,23);1H. The van der Waals surface area contributed by atoms with Crippen LogP contribution in [0.2, 0.25) is 0 Å². The predicted octanol–water partition coefficient (Wildman–Crippen LogP) is 3.06. The summed E-state index contributed by atoms with van der Waals surface area (Å²) < 4.78 is 5.95. The van der Waals surface area contributed by atoms with E-state index < -0.39 is 0 Å². The Morgan fingerprint density at radius 2 is 2.23 bits per heavy atom. The molecule has 3 unspecified atom stereocenters. The first-order valence-corrected chi connectivity index (χ1v) is 9.76. The summed E-state index contributed by atoms with van der Waals surface area (Å²) in [4.78, 5) is 7.18. The molecule has 5 nitrogen and oxygen atoms in total. The van der Waals surface area contributed by atoms with Crippen molar-refractivity contribution in [3.05, 3.63) is 29.3 Å². The zero-order chi connectivity index (χ0) is 17.2. The van der Waals surface area contributed by atoms with E-state index in [4.69, 9.17) is 9.73 Å². The van der Waals surface area contributed by atoms with Gasteiger partial charge in [-0.25, -0.2) is 4.99 Å². The molecule has 1 aromatic carbocycles. The van der Waals surface area contributed by atoms with Crippen LogP contribution in [0.4, 0.5) is 5.69 Å². The maximum Gasteiger partial charge on any atom is 0.191 e. The fourth-order valence-electron chi connectivity index (χ4n) is 4.39. The number of benzene rings is 1. The Balaban J connectivity index is 0.00000196. The third-order valence-corrected chi connectivity index (χ3v) is 5.69. The quantitative estimate of drug-likeness (QED) is 0.404. The van der Waals surface area contributed by atoms with Crippen LogP contribution in [-0.4, -0.2) is 44.3 Å². The Morgan fingerprint density at radius 3 is 2.96 bits per heavy atom. The van der Waals surface area contributed by atoms with Crippen molar-refractivity contribution in [1.29, 1.82) is 0 Å². The summed E-state index contributed by atoms with van der Waals surface area (Å²) in [6.45, 7) is 4.87. The minimum Gasteiger partial charge on any atom is -0.374 e. The lowest BCUT2D eigenvalue weighted by Gasteiger charge is -2.27. The number of fused-ring (bicyclic) bond motifs is 3. The maximum atomic E-state index is 5.95. The second-order valence-electron chi connectivity index (χ2n) is 7.54. The minimum absolute atomic E-state index is 0. The second kappa shape index (κ2) is 8.78. The van der Waals surface area contributed by atoms with E-state index in [0.717, 1.165) is 25.5 Å². The molecule has 2 saturated heterocycles. The van der Waals surface area contributed by atoms with Gasteiger partial charge < -0.3 is 20.3 Å². The molecule has 0 amide bonds. The topological polar surface area (TPSA) is 48.9 Å². The molecule has 2 bridgehead atoms. The summed E-state index contributed by atoms with van der Waals surface area (Å²) in [7, 11) is 2.18. The zero-order valence-corrected chi connectivity index (χ0v) is 18.2. The van der Waals surface area contributed by atoms with Crippen molar-refractivity contribution in [1.82, 2.24) is 10.6 Å².